The van der Waals surface area contributed by atoms with Crippen molar-refractivity contribution in [3.05, 3.63) is 48.5 Å². The van der Waals surface area contributed by atoms with Crippen LogP contribution < -0.4 is 10.2 Å². The molecule has 1 amide bonds. The Morgan fingerprint density at radius 1 is 1.00 bits per heavy atom. The number of hydrogen-bond acceptors (Lipinski definition) is 4. The van der Waals surface area contributed by atoms with Gasteiger partial charge in [0.25, 0.3) is 0 Å². The Hall–Kier alpha value is -1.82. The first-order chi connectivity index (χ1) is 12.2. The smallest absolute Gasteiger partial charge is 0.245 e. The summed E-state index contributed by atoms with van der Waals surface area (Å²) < 4.78 is 0. The molecule has 0 spiro atoms. The third-order valence-corrected chi connectivity index (χ3v) is 5.59. The highest BCUT2D eigenvalue weighted by Gasteiger charge is 2.27. The van der Waals surface area contributed by atoms with Crippen LogP contribution in [0.1, 0.15) is 13.8 Å². The van der Waals surface area contributed by atoms with Crippen LogP contribution in [-0.4, -0.2) is 43.5 Å². The maximum absolute atomic E-state index is 12.9. The molecule has 0 bridgehead atoms. The Bertz CT molecular complexity index is 685. The van der Waals surface area contributed by atoms with Crippen LogP contribution in [-0.2, 0) is 4.79 Å². The van der Waals surface area contributed by atoms with Crippen molar-refractivity contribution >= 4 is 29.0 Å². The largest absolute Gasteiger partial charge is 0.307 e. The average Bonchev–Trinajstić information content (AvgIpc) is 2.66. The van der Waals surface area contributed by atoms with Crippen molar-refractivity contribution in [2.24, 2.45) is 0 Å². The molecule has 0 saturated carbocycles. The van der Waals surface area contributed by atoms with E-state index < -0.39 is 0 Å². The molecule has 25 heavy (non-hydrogen) atoms. The Kier molecular flexibility index (Phi) is 6.13. The Morgan fingerprint density at radius 2 is 1.56 bits per heavy atom. The standard InChI is InChI=1S/C20H25N3OS/c1-3-22(4-2)14-13-21-15-20(24)23-16-9-5-7-11-18(16)25-19-12-8-6-10-17(19)23/h5-12,21H,3-4,13-15H2,1-2H3. The van der Waals surface area contributed by atoms with E-state index in [-0.39, 0.29) is 5.91 Å². The summed E-state index contributed by atoms with van der Waals surface area (Å²) in [6.45, 7) is 8.52. The summed E-state index contributed by atoms with van der Waals surface area (Å²) in [5, 5.41) is 3.30. The van der Waals surface area contributed by atoms with Crippen LogP contribution >= 0.6 is 11.8 Å². The van der Waals surface area contributed by atoms with Crippen molar-refractivity contribution in [2.75, 3.05) is 37.6 Å². The Morgan fingerprint density at radius 3 is 2.12 bits per heavy atom. The highest BCUT2D eigenvalue weighted by molar-refractivity contribution is 7.99. The second-order valence-corrected chi connectivity index (χ2v) is 7.05. The second kappa shape index (κ2) is 8.52. The monoisotopic (exact) mass is 355 g/mol. The maximum Gasteiger partial charge on any atom is 0.245 e. The number of fused-ring (bicyclic) bond motifs is 2. The Labute approximate surface area is 154 Å². The molecule has 2 aromatic rings. The van der Waals surface area contributed by atoms with E-state index in [0.717, 1.165) is 47.3 Å². The van der Waals surface area contributed by atoms with Gasteiger partial charge in [0.2, 0.25) is 5.91 Å². The zero-order chi connectivity index (χ0) is 17.6. The van der Waals surface area contributed by atoms with Crippen LogP contribution in [0.2, 0.25) is 0 Å². The molecule has 1 aliphatic rings. The van der Waals surface area contributed by atoms with Gasteiger partial charge in [0, 0.05) is 22.9 Å². The van der Waals surface area contributed by atoms with Crippen LogP contribution in [0.3, 0.4) is 0 Å². The van der Waals surface area contributed by atoms with E-state index in [4.69, 9.17) is 0 Å². The van der Waals surface area contributed by atoms with E-state index in [1.54, 1.807) is 11.8 Å². The van der Waals surface area contributed by atoms with Crippen molar-refractivity contribution in [1.29, 1.82) is 0 Å². The SMILES string of the molecule is CCN(CC)CCNCC(=O)N1c2ccccc2Sc2ccccc21. The third kappa shape index (κ3) is 4.06. The van der Waals surface area contributed by atoms with E-state index in [9.17, 15) is 4.79 Å². The van der Waals surface area contributed by atoms with E-state index in [1.165, 1.54) is 0 Å². The Balaban J connectivity index is 1.72. The van der Waals surface area contributed by atoms with Gasteiger partial charge in [0.1, 0.15) is 0 Å². The third-order valence-electron chi connectivity index (χ3n) is 4.46. The minimum atomic E-state index is 0.0831. The predicted molar refractivity (Wildman–Crippen MR) is 105 cm³/mol. The molecule has 0 unspecified atom stereocenters. The van der Waals surface area contributed by atoms with Crippen LogP contribution in [0.25, 0.3) is 0 Å². The summed E-state index contributed by atoms with van der Waals surface area (Å²) in [6.07, 6.45) is 0. The van der Waals surface area contributed by atoms with Crippen molar-refractivity contribution in [3.63, 3.8) is 0 Å². The molecular weight excluding hydrogens is 330 g/mol. The van der Waals surface area contributed by atoms with Gasteiger partial charge < -0.3 is 10.2 Å². The minimum absolute atomic E-state index is 0.0831. The number of benzene rings is 2. The minimum Gasteiger partial charge on any atom is -0.307 e. The predicted octanol–water partition coefficient (Wildman–Crippen LogP) is 3.75. The number of hydrogen-bond donors (Lipinski definition) is 1. The molecule has 1 N–H and O–H groups in total. The number of carbonyl (C=O) groups excluding carboxylic acids is 1. The van der Waals surface area contributed by atoms with Gasteiger partial charge >= 0.3 is 0 Å². The highest BCUT2D eigenvalue weighted by Crippen LogP contribution is 2.47. The van der Waals surface area contributed by atoms with E-state index in [0.29, 0.717) is 6.54 Å². The van der Waals surface area contributed by atoms with Crippen molar-refractivity contribution < 1.29 is 4.79 Å². The summed E-state index contributed by atoms with van der Waals surface area (Å²) >= 11 is 1.72. The molecule has 132 valence electrons. The molecule has 5 heteroatoms. The molecule has 0 atom stereocenters. The maximum atomic E-state index is 12.9. The molecule has 4 nitrogen and oxygen atoms in total. The van der Waals surface area contributed by atoms with Crippen molar-refractivity contribution in [3.8, 4) is 0 Å². The van der Waals surface area contributed by atoms with Crippen LogP contribution in [0, 0.1) is 0 Å². The summed E-state index contributed by atoms with van der Waals surface area (Å²) in [7, 11) is 0. The summed E-state index contributed by atoms with van der Waals surface area (Å²) in [4.78, 5) is 19.4. The fourth-order valence-electron chi connectivity index (χ4n) is 3.02. The highest BCUT2D eigenvalue weighted by atomic mass is 32.2. The van der Waals surface area contributed by atoms with Gasteiger partial charge in [0.15, 0.2) is 0 Å². The molecule has 1 heterocycles. The van der Waals surface area contributed by atoms with Gasteiger partial charge in [-0.3, -0.25) is 9.69 Å². The number of anilines is 2. The zero-order valence-electron chi connectivity index (χ0n) is 14.9. The second-order valence-electron chi connectivity index (χ2n) is 5.97. The number of nitrogens with one attached hydrogen (secondary N) is 1. The molecule has 0 radical (unpaired) electrons. The summed E-state index contributed by atoms with van der Waals surface area (Å²) in [5.74, 6) is 0.0831. The molecular formula is C20H25N3OS. The molecule has 0 saturated heterocycles. The van der Waals surface area contributed by atoms with E-state index in [1.807, 2.05) is 41.3 Å². The first-order valence-corrected chi connectivity index (χ1v) is 9.68. The number of carbonyl (C=O) groups is 1. The first kappa shape index (κ1) is 18.0. The fraction of sp³-hybridized carbons (Fsp3) is 0.350. The number of para-hydroxylation sites is 2. The molecule has 0 aromatic heterocycles. The number of nitrogens with zero attached hydrogens (tertiary/aromatic N) is 2. The van der Waals surface area contributed by atoms with Gasteiger partial charge in [0.05, 0.1) is 17.9 Å². The van der Waals surface area contributed by atoms with Gasteiger partial charge in [-0.2, -0.15) is 0 Å². The molecule has 0 aliphatic carbocycles. The van der Waals surface area contributed by atoms with Crippen LogP contribution in [0.5, 0.6) is 0 Å². The van der Waals surface area contributed by atoms with Gasteiger partial charge in [-0.05, 0) is 37.4 Å². The molecule has 3 rings (SSSR count). The number of amides is 1. The first-order valence-electron chi connectivity index (χ1n) is 8.86. The van der Waals surface area contributed by atoms with Crippen LogP contribution in [0.4, 0.5) is 11.4 Å². The topological polar surface area (TPSA) is 35.6 Å². The number of rotatable bonds is 7. The lowest BCUT2D eigenvalue weighted by atomic mass is 10.2. The van der Waals surface area contributed by atoms with Crippen LogP contribution in [0.15, 0.2) is 58.3 Å². The normalized spacial score (nSPS) is 12.8. The molecule has 1 aliphatic heterocycles. The lowest BCUT2D eigenvalue weighted by molar-refractivity contribution is -0.117. The van der Waals surface area contributed by atoms with Gasteiger partial charge in [-0.15, -0.1) is 0 Å². The summed E-state index contributed by atoms with van der Waals surface area (Å²) in [6, 6.07) is 16.2. The molecule has 2 aromatic carbocycles. The summed E-state index contributed by atoms with van der Waals surface area (Å²) in [5.41, 5.74) is 1.95. The zero-order valence-corrected chi connectivity index (χ0v) is 15.7. The van der Waals surface area contributed by atoms with Crippen molar-refractivity contribution in [2.45, 2.75) is 23.6 Å². The lowest BCUT2D eigenvalue weighted by Crippen LogP contribution is -2.39. The molecule has 0 fully saturated rings. The number of likely N-dealkylation sites (N-methyl/N-ethyl adjacent to an activating group) is 1. The van der Waals surface area contributed by atoms with Gasteiger partial charge in [-0.25, -0.2) is 0 Å². The van der Waals surface area contributed by atoms with E-state index >= 15 is 0 Å². The lowest BCUT2D eigenvalue weighted by Gasteiger charge is -2.31. The van der Waals surface area contributed by atoms with E-state index in [2.05, 4.69) is 36.2 Å². The fourth-order valence-corrected chi connectivity index (χ4v) is 4.08. The average molecular weight is 356 g/mol. The van der Waals surface area contributed by atoms with Crippen molar-refractivity contribution in [1.82, 2.24) is 10.2 Å². The van der Waals surface area contributed by atoms with Gasteiger partial charge in [-0.1, -0.05) is 49.9 Å². The quantitative estimate of drug-likeness (QED) is 0.768.